The number of amides is 1. The number of fused-ring (bicyclic) bond motifs is 1. The molecule has 0 fully saturated rings. The Hall–Kier alpha value is -4.49. The number of methoxy groups -OCH3 is 1. The third-order valence-electron chi connectivity index (χ3n) is 8.89. The van der Waals surface area contributed by atoms with Crippen LogP contribution >= 0.6 is 0 Å². The molecule has 2 aromatic rings. The minimum absolute atomic E-state index is 0.0389. The third kappa shape index (κ3) is 11.3. The zero-order chi connectivity index (χ0) is 38.2. The number of aromatic amines is 1. The summed E-state index contributed by atoms with van der Waals surface area (Å²) in [5.74, 6) is -1.26. The predicted molar refractivity (Wildman–Crippen MR) is 205 cm³/mol. The molecule has 0 aliphatic carbocycles. The number of esters is 1. The van der Waals surface area contributed by atoms with E-state index in [0.29, 0.717) is 25.7 Å². The van der Waals surface area contributed by atoms with Crippen LogP contribution in [0.1, 0.15) is 110 Å². The maximum atomic E-state index is 14.6. The Bertz CT molecular complexity index is 1550. The molecule has 0 spiro atoms. The summed E-state index contributed by atoms with van der Waals surface area (Å²) in [6.07, 6.45) is 1.69. The highest BCUT2D eigenvalue weighted by Crippen LogP contribution is 2.41. The molecule has 0 radical (unpaired) electrons. The number of hydrogen-bond donors (Lipinski definition) is 8. The van der Waals surface area contributed by atoms with E-state index in [9.17, 15) is 9.59 Å². The first-order valence-electron chi connectivity index (χ1n) is 17.2. The number of hydrogen-bond acceptors (Lipinski definition) is 6. The van der Waals surface area contributed by atoms with Crippen molar-refractivity contribution in [1.29, 1.82) is 0 Å². The summed E-state index contributed by atoms with van der Waals surface area (Å²) >= 11 is 0. The molecular weight excluding hydrogens is 634 g/mol. The molecule has 14 N–H and O–H groups in total. The average molecular weight is 698 g/mol. The highest BCUT2D eigenvalue weighted by Gasteiger charge is 2.40. The number of benzene rings is 1. The van der Waals surface area contributed by atoms with Gasteiger partial charge in [-0.1, -0.05) is 68.4 Å². The molecule has 1 unspecified atom stereocenters. The van der Waals surface area contributed by atoms with E-state index >= 15 is 0 Å². The summed E-state index contributed by atoms with van der Waals surface area (Å²) in [7, 11) is 1.31. The number of aliphatic imine (C=N–C) groups is 3. The number of rotatable bonds is 15. The van der Waals surface area contributed by atoms with Gasteiger partial charge in [-0.15, -0.1) is 0 Å². The van der Waals surface area contributed by atoms with Gasteiger partial charge in [0, 0.05) is 41.5 Å². The molecule has 280 valence electrons. The Balaban J connectivity index is 2.78. The lowest BCUT2D eigenvalue weighted by molar-refractivity contribution is -0.146. The predicted octanol–water partition coefficient (Wildman–Crippen LogP) is 2.63. The molecule has 1 amide bonds. The van der Waals surface area contributed by atoms with E-state index in [-0.39, 0.29) is 60.2 Å². The molecule has 1 heterocycles. The second kappa shape index (κ2) is 16.5. The van der Waals surface area contributed by atoms with Gasteiger partial charge in [0.05, 0.1) is 19.1 Å². The lowest BCUT2D eigenvalue weighted by atomic mass is 9.76. The first-order valence-corrected chi connectivity index (χ1v) is 17.2. The van der Waals surface area contributed by atoms with E-state index < -0.39 is 23.3 Å². The van der Waals surface area contributed by atoms with E-state index in [0.717, 1.165) is 27.7 Å². The number of aromatic nitrogens is 1. The third-order valence-corrected chi connectivity index (χ3v) is 8.89. The van der Waals surface area contributed by atoms with Crippen molar-refractivity contribution < 1.29 is 14.3 Å². The van der Waals surface area contributed by atoms with Gasteiger partial charge in [0.15, 0.2) is 17.9 Å². The molecule has 1 aromatic carbocycles. The monoisotopic (exact) mass is 698 g/mol. The highest BCUT2D eigenvalue weighted by molar-refractivity contribution is 5.93. The van der Waals surface area contributed by atoms with Gasteiger partial charge in [0.1, 0.15) is 6.04 Å². The summed E-state index contributed by atoms with van der Waals surface area (Å²) in [5.41, 5.74) is 37.2. The minimum atomic E-state index is -1.15. The van der Waals surface area contributed by atoms with Crippen molar-refractivity contribution in [2.75, 3.05) is 26.7 Å². The fourth-order valence-corrected chi connectivity index (χ4v) is 6.20. The van der Waals surface area contributed by atoms with E-state index in [1.165, 1.54) is 12.7 Å². The van der Waals surface area contributed by atoms with Gasteiger partial charge < -0.3 is 49.4 Å². The van der Waals surface area contributed by atoms with E-state index in [1.54, 1.807) is 0 Å². The standard InChI is InChI=1S/C36H63N11O3/c1-33(2,3)21-17-23(34(4,5)6)26-22(27(35(7,8)9)46-24(26)18-21)19-25(28(48)50-10)47-29(49)36(20-45-32(41)42,13-11-15-43-30(37)38)14-12-16-44-31(39)40/h17-18,25,46H,11-16,19-20H2,1-10H3,(H,47,49)(H4,37,38,43)(H4,39,40,44)(H4,41,42,45). The smallest absolute Gasteiger partial charge is 0.328 e. The number of ether oxygens (including phenoxy) is 1. The van der Waals surface area contributed by atoms with E-state index in [4.69, 9.17) is 39.1 Å². The number of carbonyl (C=O) groups is 2. The molecule has 1 aromatic heterocycles. The lowest BCUT2D eigenvalue weighted by Gasteiger charge is -2.33. The lowest BCUT2D eigenvalue weighted by Crippen LogP contribution is -2.51. The summed E-state index contributed by atoms with van der Waals surface area (Å²) in [4.78, 5) is 44.3. The second-order valence-electron chi connectivity index (χ2n) is 16.3. The Morgan fingerprint density at radius 2 is 1.30 bits per heavy atom. The highest BCUT2D eigenvalue weighted by atomic mass is 16.5. The Morgan fingerprint density at radius 3 is 1.72 bits per heavy atom. The zero-order valence-electron chi connectivity index (χ0n) is 31.9. The summed E-state index contributed by atoms with van der Waals surface area (Å²) < 4.78 is 5.30. The van der Waals surface area contributed by atoms with Crippen LogP contribution in [-0.2, 0) is 37.0 Å². The van der Waals surface area contributed by atoms with Crippen LogP contribution in [0.3, 0.4) is 0 Å². The zero-order valence-corrected chi connectivity index (χ0v) is 31.9. The van der Waals surface area contributed by atoms with Gasteiger partial charge in [0.25, 0.3) is 0 Å². The maximum Gasteiger partial charge on any atom is 0.328 e. The molecular formula is C36H63N11O3. The Kier molecular flexibility index (Phi) is 13.7. The van der Waals surface area contributed by atoms with Crippen molar-refractivity contribution in [3.8, 4) is 0 Å². The topological polar surface area (TPSA) is 264 Å². The van der Waals surface area contributed by atoms with Gasteiger partial charge in [-0.05, 0) is 59.3 Å². The number of H-pyrrole nitrogens is 1. The number of nitrogens with zero attached hydrogens (tertiary/aromatic N) is 3. The molecule has 2 rings (SSSR count). The van der Waals surface area contributed by atoms with Crippen LogP contribution in [0, 0.1) is 5.41 Å². The molecule has 14 nitrogen and oxygen atoms in total. The number of nitrogens with two attached hydrogens (primary N) is 6. The largest absolute Gasteiger partial charge is 0.467 e. The van der Waals surface area contributed by atoms with Gasteiger partial charge in [-0.25, -0.2) is 4.79 Å². The van der Waals surface area contributed by atoms with Gasteiger partial charge in [-0.2, -0.15) is 0 Å². The summed E-state index contributed by atoms with van der Waals surface area (Å²) in [5, 5.41) is 4.10. The first kappa shape index (κ1) is 41.7. The van der Waals surface area contributed by atoms with Crippen LogP contribution in [0.2, 0.25) is 0 Å². The summed E-state index contributed by atoms with van der Waals surface area (Å²) in [6, 6.07) is 3.44. The molecule has 1 atom stereocenters. The minimum Gasteiger partial charge on any atom is -0.467 e. The van der Waals surface area contributed by atoms with Crippen molar-refractivity contribution in [2.24, 2.45) is 54.8 Å². The molecule has 0 aliphatic heterocycles. The van der Waals surface area contributed by atoms with Crippen molar-refractivity contribution in [1.82, 2.24) is 10.3 Å². The summed E-state index contributed by atoms with van der Waals surface area (Å²) in [6.45, 7) is 20.0. The number of guanidine groups is 3. The number of carbonyl (C=O) groups excluding carboxylic acids is 2. The van der Waals surface area contributed by atoms with Crippen LogP contribution in [-0.4, -0.2) is 67.5 Å². The molecule has 14 heteroatoms. The van der Waals surface area contributed by atoms with Crippen LogP contribution < -0.4 is 39.7 Å². The van der Waals surface area contributed by atoms with Crippen LogP contribution in [0.25, 0.3) is 10.9 Å². The first-order chi connectivity index (χ1) is 22.9. The normalized spacial score (nSPS) is 13.0. The molecule has 0 saturated carbocycles. The van der Waals surface area contributed by atoms with Crippen molar-refractivity contribution in [3.05, 3.63) is 34.5 Å². The van der Waals surface area contributed by atoms with Gasteiger partial charge in [0.2, 0.25) is 5.91 Å². The van der Waals surface area contributed by atoms with Crippen LogP contribution in [0.15, 0.2) is 27.1 Å². The van der Waals surface area contributed by atoms with Gasteiger partial charge in [-0.3, -0.25) is 19.8 Å². The molecule has 0 aliphatic rings. The number of nitrogens with one attached hydrogen (secondary N) is 2. The quantitative estimate of drug-likeness (QED) is 0.0587. The van der Waals surface area contributed by atoms with E-state index in [2.05, 4.69) is 99.7 Å². The fourth-order valence-electron chi connectivity index (χ4n) is 6.20. The molecule has 50 heavy (non-hydrogen) atoms. The van der Waals surface area contributed by atoms with Crippen molar-refractivity contribution in [2.45, 2.75) is 117 Å². The SMILES string of the molecule is COC(=O)C(Cc1c(C(C)(C)C)[nH]c2cc(C(C)(C)C)cc(C(C)(C)C)c12)NC(=O)C(CCCN=C(N)N)(CCCN=C(N)N)CN=C(N)N. The maximum absolute atomic E-state index is 14.6. The Morgan fingerprint density at radius 1 is 0.780 bits per heavy atom. The Labute approximate surface area is 297 Å². The van der Waals surface area contributed by atoms with E-state index in [1.807, 2.05) is 0 Å². The second-order valence-corrected chi connectivity index (χ2v) is 16.3. The molecule has 0 bridgehead atoms. The van der Waals surface area contributed by atoms with Crippen molar-refractivity contribution in [3.63, 3.8) is 0 Å². The fraction of sp³-hybridized carbons (Fsp3) is 0.639. The van der Waals surface area contributed by atoms with Crippen LogP contribution in [0.4, 0.5) is 0 Å². The van der Waals surface area contributed by atoms with Crippen molar-refractivity contribution >= 4 is 40.7 Å². The van der Waals surface area contributed by atoms with Gasteiger partial charge >= 0.3 is 5.97 Å². The van der Waals surface area contributed by atoms with Crippen LogP contribution in [0.5, 0.6) is 0 Å². The molecule has 0 saturated heterocycles. The average Bonchev–Trinajstić information content (AvgIpc) is 3.36.